The fourth-order valence-corrected chi connectivity index (χ4v) is 4.21. The normalized spacial score (nSPS) is 11.7. The molecule has 2 heterocycles. The van der Waals surface area contributed by atoms with Crippen LogP contribution in [0.3, 0.4) is 0 Å². The van der Waals surface area contributed by atoms with E-state index in [0.717, 1.165) is 16.8 Å². The van der Waals surface area contributed by atoms with E-state index in [1.165, 1.54) is 27.6 Å². The van der Waals surface area contributed by atoms with Crippen LogP contribution in [0.2, 0.25) is 0 Å². The van der Waals surface area contributed by atoms with Gasteiger partial charge in [-0.1, -0.05) is 62.1 Å². The maximum absolute atomic E-state index is 12.6. The number of rotatable bonds is 4. The van der Waals surface area contributed by atoms with Crippen LogP contribution in [-0.4, -0.2) is 31.5 Å². The zero-order valence-electron chi connectivity index (χ0n) is 15.9. The number of carbonyl (C=O) groups is 1. The molecule has 0 saturated heterocycles. The molecule has 1 N–H and O–H groups in total. The molecule has 0 aliphatic carbocycles. The van der Waals surface area contributed by atoms with E-state index < -0.39 is 5.41 Å². The number of hydrogen-bond donors (Lipinski definition) is 1. The van der Waals surface area contributed by atoms with Gasteiger partial charge in [-0.3, -0.25) is 9.59 Å². The molecule has 0 atom stereocenters. The zero-order chi connectivity index (χ0) is 19.8. The number of nitrogens with zero attached hydrogens (tertiary/aromatic N) is 4. The second-order valence-electron chi connectivity index (χ2n) is 7.27. The lowest BCUT2D eigenvalue weighted by molar-refractivity contribution is -0.113. The van der Waals surface area contributed by atoms with Gasteiger partial charge in [0.1, 0.15) is 5.69 Å². The molecule has 1 amide bonds. The number of aromatic nitrogens is 4. The van der Waals surface area contributed by atoms with Crippen molar-refractivity contribution in [2.75, 3.05) is 11.1 Å². The average molecular weight is 404 g/mol. The highest BCUT2D eigenvalue weighted by Crippen LogP contribution is 2.25. The van der Waals surface area contributed by atoms with Crippen LogP contribution in [-0.2, 0) is 10.2 Å². The lowest BCUT2D eigenvalue weighted by Gasteiger charge is -2.14. The summed E-state index contributed by atoms with van der Waals surface area (Å²) in [5.74, 6) is 0.0764. The molecule has 1 aromatic carbocycles. The first-order valence-corrected chi connectivity index (χ1v) is 10.2. The molecule has 0 fully saturated rings. The first-order chi connectivity index (χ1) is 12.7. The van der Waals surface area contributed by atoms with Crippen LogP contribution < -0.4 is 10.9 Å². The minimum Gasteiger partial charge on any atom is -0.325 e. The molecule has 0 spiro atoms. The van der Waals surface area contributed by atoms with Gasteiger partial charge < -0.3 is 5.32 Å². The number of nitrogens with one attached hydrogen (secondary N) is 1. The highest BCUT2D eigenvalue weighted by atomic mass is 32.2. The van der Waals surface area contributed by atoms with Crippen LogP contribution >= 0.6 is 23.1 Å². The smallest absolute Gasteiger partial charge is 0.297 e. The van der Waals surface area contributed by atoms with Crippen molar-refractivity contribution in [3.63, 3.8) is 0 Å². The summed E-state index contributed by atoms with van der Waals surface area (Å²) in [6, 6.07) is 5.88. The number of fused-ring (bicyclic) bond motifs is 1. The van der Waals surface area contributed by atoms with E-state index in [2.05, 4.69) is 20.6 Å². The Balaban J connectivity index is 1.75. The van der Waals surface area contributed by atoms with Crippen LogP contribution in [0.25, 0.3) is 4.96 Å². The quantitative estimate of drug-likeness (QED) is 0.673. The van der Waals surface area contributed by atoms with Gasteiger partial charge in [0.05, 0.1) is 5.75 Å². The van der Waals surface area contributed by atoms with Crippen molar-refractivity contribution in [2.24, 2.45) is 0 Å². The van der Waals surface area contributed by atoms with Crippen LogP contribution in [0.1, 0.15) is 37.6 Å². The molecule has 3 aromatic rings. The molecule has 27 heavy (non-hydrogen) atoms. The molecule has 3 rings (SSSR count). The van der Waals surface area contributed by atoms with Crippen molar-refractivity contribution in [1.82, 2.24) is 19.8 Å². The van der Waals surface area contributed by atoms with E-state index in [0.29, 0.717) is 15.0 Å². The highest BCUT2D eigenvalue weighted by molar-refractivity contribution is 8.01. The van der Waals surface area contributed by atoms with Gasteiger partial charge in [-0.15, -0.1) is 15.3 Å². The second kappa shape index (κ2) is 7.40. The van der Waals surface area contributed by atoms with Crippen molar-refractivity contribution < 1.29 is 4.79 Å². The number of thioether (sulfide) groups is 1. The number of amides is 1. The van der Waals surface area contributed by atoms with Gasteiger partial charge in [-0.2, -0.15) is 4.52 Å². The number of carbonyl (C=O) groups excluding carboxylic acids is 1. The lowest BCUT2D eigenvalue weighted by Crippen LogP contribution is -2.30. The van der Waals surface area contributed by atoms with Crippen molar-refractivity contribution in [1.29, 1.82) is 0 Å². The van der Waals surface area contributed by atoms with Crippen molar-refractivity contribution >= 4 is 39.7 Å². The molecule has 7 nitrogen and oxygen atoms in total. The number of aryl methyl sites for hydroxylation is 2. The molecule has 0 unspecified atom stereocenters. The summed E-state index contributed by atoms with van der Waals surface area (Å²) in [6.07, 6.45) is 0. The molecule has 0 bridgehead atoms. The van der Waals surface area contributed by atoms with E-state index in [1.807, 2.05) is 52.8 Å². The summed E-state index contributed by atoms with van der Waals surface area (Å²) in [7, 11) is 0. The molecule has 9 heteroatoms. The van der Waals surface area contributed by atoms with Crippen LogP contribution in [0.4, 0.5) is 5.69 Å². The molecule has 2 aromatic heterocycles. The van der Waals surface area contributed by atoms with Crippen LogP contribution in [0.15, 0.2) is 27.3 Å². The van der Waals surface area contributed by atoms with Gasteiger partial charge in [0.15, 0.2) is 4.34 Å². The lowest BCUT2D eigenvalue weighted by atomic mass is 9.93. The Bertz CT molecular complexity index is 1050. The predicted octanol–water partition coefficient (Wildman–Crippen LogP) is 3.19. The molecule has 142 valence electrons. The topological polar surface area (TPSA) is 89.3 Å². The Kier molecular flexibility index (Phi) is 5.34. The summed E-state index contributed by atoms with van der Waals surface area (Å²) in [6.45, 7) is 9.64. The Morgan fingerprint density at radius 2 is 1.89 bits per heavy atom. The summed E-state index contributed by atoms with van der Waals surface area (Å²) in [5.41, 5.74) is 2.57. The van der Waals surface area contributed by atoms with Crippen molar-refractivity contribution in [2.45, 2.75) is 44.4 Å². The Labute approximate surface area is 165 Å². The third kappa shape index (κ3) is 4.19. The summed E-state index contributed by atoms with van der Waals surface area (Å²) < 4.78 is 1.87. The largest absolute Gasteiger partial charge is 0.325 e. The van der Waals surface area contributed by atoms with Crippen molar-refractivity contribution in [3.8, 4) is 0 Å². The number of para-hydroxylation sites is 1. The fourth-order valence-electron chi connectivity index (χ4n) is 2.54. The SMILES string of the molecule is Cc1cccc(C)c1NC(=O)CSc1nn2c(=O)c(C(C)(C)C)nnc2s1. The number of benzene rings is 1. The average Bonchev–Trinajstić information content (AvgIpc) is 3.00. The van der Waals surface area contributed by atoms with E-state index >= 15 is 0 Å². The molecular formula is C18H21N5O2S2. The zero-order valence-corrected chi connectivity index (χ0v) is 17.5. The number of hydrogen-bond acceptors (Lipinski definition) is 7. The van der Waals surface area contributed by atoms with Gasteiger partial charge in [-0.05, 0) is 25.0 Å². The molecule has 0 radical (unpaired) electrons. The van der Waals surface area contributed by atoms with E-state index in [9.17, 15) is 9.59 Å². The minimum absolute atomic E-state index is 0.120. The Hall–Kier alpha value is -2.26. The summed E-state index contributed by atoms with van der Waals surface area (Å²) in [5, 5.41) is 15.4. The van der Waals surface area contributed by atoms with E-state index in [-0.39, 0.29) is 17.2 Å². The first kappa shape index (κ1) is 19.5. The first-order valence-electron chi connectivity index (χ1n) is 8.42. The van der Waals surface area contributed by atoms with Gasteiger partial charge in [-0.25, -0.2) is 0 Å². The molecule has 0 aliphatic rings. The minimum atomic E-state index is -0.409. The summed E-state index contributed by atoms with van der Waals surface area (Å²) >= 11 is 2.52. The maximum Gasteiger partial charge on any atom is 0.297 e. The van der Waals surface area contributed by atoms with Gasteiger partial charge in [0.2, 0.25) is 10.9 Å². The van der Waals surface area contributed by atoms with Gasteiger partial charge >= 0.3 is 0 Å². The van der Waals surface area contributed by atoms with Gasteiger partial charge in [0, 0.05) is 11.1 Å². The Morgan fingerprint density at radius 1 is 1.22 bits per heavy atom. The molecular weight excluding hydrogens is 382 g/mol. The second-order valence-corrected chi connectivity index (χ2v) is 9.45. The standard InChI is InChI=1S/C18H21N5O2S2/c1-10-7-6-8-11(2)13(10)19-12(24)9-26-17-22-23-15(25)14(18(3,4)5)20-21-16(23)27-17/h6-8H,9H2,1-5H3,(H,19,24). The van der Waals surface area contributed by atoms with Crippen LogP contribution in [0.5, 0.6) is 0 Å². The summed E-state index contributed by atoms with van der Waals surface area (Å²) in [4.78, 5) is 25.3. The van der Waals surface area contributed by atoms with Crippen molar-refractivity contribution in [3.05, 3.63) is 45.4 Å². The number of anilines is 1. The monoisotopic (exact) mass is 403 g/mol. The third-order valence-corrected chi connectivity index (χ3v) is 5.99. The predicted molar refractivity (Wildman–Crippen MR) is 109 cm³/mol. The van der Waals surface area contributed by atoms with Crippen LogP contribution in [0, 0.1) is 13.8 Å². The van der Waals surface area contributed by atoms with E-state index in [4.69, 9.17) is 0 Å². The highest BCUT2D eigenvalue weighted by Gasteiger charge is 2.23. The van der Waals surface area contributed by atoms with Gasteiger partial charge in [0.25, 0.3) is 5.56 Å². The maximum atomic E-state index is 12.6. The Morgan fingerprint density at radius 3 is 2.52 bits per heavy atom. The molecule has 0 saturated carbocycles. The fraction of sp³-hybridized carbons (Fsp3) is 0.389. The van der Waals surface area contributed by atoms with E-state index in [1.54, 1.807) is 0 Å². The third-order valence-electron chi connectivity index (χ3n) is 3.95. The molecule has 0 aliphatic heterocycles.